The van der Waals surface area contributed by atoms with Gasteiger partial charge in [0, 0.05) is 17.7 Å². The Morgan fingerprint density at radius 2 is 2.28 bits per heavy atom. The molecule has 1 aromatic heterocycles. The van der Waals surface area contributed by atoms with Crippen LogP contribution in [0.1, 0.15) is 18.7 Å². The molecule has 0 bridgehead atoms. The zero-order valence-corrected chi connectivity index (χ0v) is 10.3. The number of rotatable bonds is 2. The van der Waals surface area contributed by atoms with Crippen LogP contribution in [0.4, 0.5) is 5.82 Å². The fraction of sp³-hybridized carbons (Fsp3) is 0.636. The maximum absolute atomic E-state index is 11.8. The quantitative estimate of drug-likeness (QED) is 0.626. The molecule has 1 aliphatic rings. The lowest BCUT2D eigenvalue weighted by Gasteiger charge is -2.18. The number of aryl methyl sites for hydroxylation is 1. The first kappa shape index (κ1) is 13.0. The van der Waals surface area contributed by atoms with Crippen molar-refractivity contribution in [3.63, 3.8) is 0 Å². The first-order valence-electron chi connectivity index (χ1n) is 5.75. The van der Waals surface area contributed by atoms with Crippen LogP contribution in [0.25, 0.3) is 0 Å². The van der Waals surface area contributed by atoms with E-state index >= 15 is 0 Å². The molecule has 0 radical (unpaired) electrons. The second kappa shape index (κ2) is 4.68. The van der Waals surface area contributed by atoms with Crippen molar-refractivity contribution in [2.45, 2.75) is 32.3 Å². The molecule has 18 heavy (non-hydrogen) atoms. The number of nitrogens with zero attached hydrogens (tertiary/aromatic N) is 2. The zero-order valence-electron chi connectivity index (χ0n) is 10.3. The maximum atomic E-state index is 11.8. The van der Waals surface area contributed by atoms with Crippen molar-refractivity contribution >= 4 is 5.82 Å². The van der Waals surface area contributed by atoms with Gasteiger partial charge in [-0.05, 0) is 6.92 Å². The topological polar surface area (TPSA) is 111 Å². The van der Waals surface area contributed by atoms with E-state index in [0.717, 1.165) is 0 Å². The Bertz CT molecular complexity index is 502. The van der Waals surface area contributed by atoms with Crippen molar-refractivity contribution in [2.24, 2.45) is 5.92 Å². The normalized spacial score (nSPS) is 31.8. The van der Waals surface area contributed by atoms with Crippen molar-refractivity contribution in [1.29, 1.82) is 0 Å². The van der Waals surface area contributed by atoms with E-state index in [4.69, 9.17) is 15.6 Å². The van der Waals surface area contributed by atoms with Gasteiger partial charge in [-0.1, -0.05) is 6.92 Å². The van der Waals surface area contributed by atoms with E-state index in [9.17, 15) is 9.90 Å². The van der Waals surface area contributed by atoms with Crippen LogP contribution in [-0.4, -0.2) is 38.6 Å². The Balaban J connectivity index is 2.39. The fourth-order valence-corrected chi connectivity index (χ4v) is 2.12. The fourth-order valence-electron chi connectivity index (χ4n) is 2.12. The predicted molar refractivity (Wildman–Crippen MR) is 63.8 cm³/mol. The van der Waals surface area contributed by atoms with Gasteiger partial charge in [-0.15, -0.1) is 0 Å². The molecule has 0 amide bonds. The summed E-state index contributed by atoms with van der Waals surface area (Å²) in [4.78, 5) is 15.5. The molecule has 1 aromatic rings. The van der Waals surface area contributed by atoms with Crippen LogP contribution in [0.2, 0.25) is 0 Å². The van der Waals surface area contributed by atoms with Crippen molar-refractivity contribution < 1.29 is 14.9 Å². The van der Waals surface area contributed by atoms with E-state index in [1.165, 1.54) is 4.57 Å². The van der Waals surface area contributed by atoms with E-state index in [0.29, 0.717) is 5.56 Å². The van der Waals surface area contributed by atoms with Crippen LogP contribution in [0.3, 0.4) is 0 Å². The van der Waals surface area contributed by atoms with Gasteiger partial charge in [0.05, 0.1) is 12.7 Å². The number of nitrogen functional groups attached to an aromatic ring is 1. The summed E-state index contributed by atoms with van der Waals surface area (Å²) >= 11 is 0. The molecular weight excluding hydrogens is 238 g/mol. The third kappa shape index (κ3) is 2.00. The Kier molecular flexibility index (Phi) is 3.38. The highest BCUT2D eigenvalue weighted by molar-refractivity contribution is 5.35. The van der Waals surface area contributed by atoms with Gasteiger partial charge in [-0.3, -0.25) is 4.57 Å². The number of hydrogen-bond donors (Lipinski definition) is 3. The summed E-state index contributed by atoms with van der Waals surface area (Å²) < 4.78 is 6.78. The van der Waals surface area contributed by atoms with Crippen molar-refractivity contribution in [3.05, 3.63) is 22.2 Å². The molecule has 1 saturated heterocycles. The molecule has 4 N–H and O–H groups in total. The third-order valence-corrected chi connectivity index (χ3v) is 3.31. The molecule has 2 unspecified atom stereocenters. The number of hydrogen-bond acceptors (Lipinski definition) is 6. The third-order valence-electron chi connectivity index (χ3n) is 3.31. The van der Waals surface area contributed by atoms with Gasteiger partial charge in [-0.2, -0.15) is 4.98 Å². The molecule has 1 aliphatic heterocycles. The summed E-state index contributed by atoms with van der Waals surface area (Å²) in [5.74, 6) is -0.133. The van der Waals surface area contributed by atoms with Crippen LogP contribution in [0.5, 0.6) is 0 Å². The minimum atomic E-state index is -0.815. The Morgan fingerprint density at radius 1 is 1.61 bits per heavy atom. The van der Waals surface area contributed by atoms with Gasteiger partial charge in [0.2, 0.25) is 0 Å². The molecule has 0 aliphatic carbocycles. The van der Waals surface area contributed by atoms with E-state index in [-0.39, 0.29) is 18.3 Å². The second-order valence-corrected chi connectivity index (χ2v) is 4.60. The number of aliphatic hydroxyl groups excluding tert-OH is 2. The van der Waals surface area contributed by atoms with E-state index < -0.39 is 24.1 Å². The first-order valence-corrected chi connectivity index (χ1v) is 5.75. The van der Waals surface area contributed by atoms with Crippen molar-refractivity contribution in [1.82, 2.24) is 9.55 Å². The number of nitrogens with two attached hydrogens (primary N) is 1. The Hall–Kier alpha value is -1.44. The number of aliphatic hydroxyl groups is 2. The minimum Gasteiger partial charge on any atom is -0.394 e. The summed E-state index contributed by atoms with van der Waals surface area (Å²) in [6, 6.07) is 0. The molecule has 0 saturated carbocycles. The zero-order chi connectivity index (χ0) is 13.4. The molecule has 4 atom stereocenters. The molecule has 7 heteroatoms. The monoisotopic (exact) mass is 255 g/mol. The molecule has 100 valence electrons. The van der Waals surface area contributed by atoms with Crippen molar-refractivity contribution in [3.8, 4) is 0 Å². The van der Waals surface area contributed by atoms with Gasteiger partial charge in [0.1, 0.15) is 18.1 Å². The van der Waals surface area contributed by atoms with E-state index in [2.05, 4.69) is 4.98 Å². The van der Waals surface area contributed by atoms with Gasteiger partial charge >= 0.3 is 5.69 Å². The second-order valence-electron chi connectivity index (χ2n) is 4.60. The highest BCUT2D eigenvalue weighted by Crippen LogP contribution is 2.33. The van der Waals surface area contributed by atoms with Crippen LogP contribution in [0, 0.1) is 12.8 Å². The maximum Gasteiger partial charge on any atom is 0.351 e. The number of aromatic nitrogens is 2. The largest absolute Gasteiger partial charge is 0.394 e. The van der Waals surface area contributed by atoms with Gasteiger partial charge in [0.15, 0.2) is 0 Å². The number of anilines is 1. The minimum absolute atomic E-state index is 0.182. The van der Waals surface area contributed by atoms with E-state index in [1.54, 1.807) is 20.0 Å². The molecule has 2 heterocycles. The molecule has 1 fully saturated rings. The molecule has 2 rings (SSSR count). The highest BCUT2D eigenvalue weighted by atomic mass is 16.5. The van der Waals surface area contributed by atoms with Gasteiger partial charge in [0.25, 0.3) is 0 Å². The van der Waals surface area contributed by atoms with Crippen LogP contribution >= 0.6 is 0 Å². The SMILES string of the molecule is Cc1cn([C@@H]2O[C@H](CO)C(O)C2C)c(=O)nc1N. The average molecular weight is 255 g/mol. The lowest BCUT2D eigenvalue weighted by Crippen LogP contribution is -2.31. The average Bonchev–Trinajstić information content (AvgIpc) is 2.61. The molecular formula is C11H17N3O4. The lowest BCUT2D eigenvalue weighted by atomic mass is 10.0. The standard InChI is InChI=1S/C11H17N3O4/c1-5-3-14(11(17)13-9(5)12)10-6(2)8(16)7(4-15)18-10/h3,6-8,10,15-16H,4H2,1-2H3,(H2,12,13,17)/t6?,7-,8?,10-/m1/s1. The number of ether oxygens (including phenoxy) is 1. The Morgan fingerprint density at radius 3 is 2.83 bits per heavy atom. The van der Waals surface area contributed by atoms with E-state index in [1.807, 2.05) is 0 Å². The van der Waals surface area contributed by atoms with Crippen LogP contribution < -0.4 is 11.4 Å². The summed E-state index contributed by atoms with van der Waals surface area (Å²) in [5, 5.41) is 18.9. The summed E-state index contributed by atoms with van der Waals surface area (Å²) in [6.45, 7) is 3.19. The summed E-state index contributed by atoms with van der Waals surface area (Å²) in [6.07, 6.45) is -0.589. The Labute approximate surface area is 104 Å². The van der Waals surface area contributed by atoms with Crippen LogP contribution in [-0.2, 0) is 4.74 Å². The molecule has 7 nitrogen and oxygen atoms in total. The molecule has 0 aromatic carbocycles. The smallest absolute Gasteiger partial charge is 0.351 e. The summed E-state index contributed by atoms with van der Waals surface area (Å²) in [5.41, 5.74) is 5.68. The van der Waals surface area contributed by atoms with Gasteiger partial charge in [-0.25, -0.2) is 4.79 Å². The predicted octanol–water partition coefficient (Wildman–Crippen LogP) is -0.979. The van der Waals surface area contributed by atoms with Gasteiger partial charge < -0.3 is 20.7 Å². The highest BCUT2D eigenvalue weighted by Gasteiger charge is 2.41. The van der Waals surface area contributed by atoms with Crippen molar-refractivity contribution in [2.75, 3.05) is 12.3 Å². The first-order chi connectivity index (χ1) is 8.45. The summed E-state index contributed by atoms with van der Waals surface area (Å²) in [7, 11) is 0. The lowest BCUT2D eigenvalue weighted by molar-refractivity contribution is -0.0476. The molecule has 0 spiro atoms. The van der Waals surface area contributed by atoms with Crippen LogP contribution in [0.15, 0.2) is 11.0 Å².